The Morgan fingerprint density at radius 3 is 2.37 bits per heavy atom. The Morgan fingerprint density at radius 1 is 0.854 bits per heavy atom. The minimum atomic E-state index is -0.734. The molecule has 2 aliphatic rings. The van der Waals surface area contributed by atoms with E-state index in [4.69, 9.17) is 9.47 Å². The van der Waals surface area contributed by atoms with Crippen LogP contribution in [0.1, 0.15) is 33.8 Å². The normalized spacial score (nSPS) is 17.1. The molecule has 206 valence electrons. The molecule has 2 atom stereocenters. The molecule has 1 saturated heterocycles. The zero-order chi connectivity index (χ0) is 28.2. The molecule has 6 rings (SSSR count). The van der Waals surface area contributed by atoms with Crippen LogP contribution in [0.3, 0.4) is 0 Å². The van der Waals surface area contributed by atoms with E-state index >= 15 is 0 Å². The molecule has 0 saturated carbocycles. The number of amides is 2. The number of esters is 1. The smallest absolute Gasteiger partial charge is 0.329 e. The highest BCUT2D eigenvalue weighted by Gasteiger charge is 2.41. The second-order valence-electron chi connectivity index (χ2n) is 9.99. The first-order chi connectivity index (χ1) is 20.0. The first-order valence-electron chi connectivity index (χ1n) is 13.5. The third-order valence-corrected chi connectivity index (χ3v) is 8.40. The number of benzene rings is 4. The fraction of sp³-hybridized carbons (Fsp3) is 0.182. The largest absolute Gasteiger partial charge is 0.459 e. The van der Waals surface area contributed by atoms with Crippen molar-refractivity contribution in [2.75, 3.05) is 13.1 Å². The second kappa shape index (κ2) is 11.9. The van der Waals surface area contributed by atoms with Crippen molar-refractivity contribution in [3.8, 4) is 11.5 Å². The quantitative estimate of drug-likeness (QED) is 0.252. The maximum atomic E-state index is 13.4. The summed E-state index contributed by atoms with van der Waals surface area (Å²) < 4.78 is 11.6. The van der Waals surface area contributed by atoms with Gasteiger partial charge in [0.25, 0.3) is 5.91 Å². The average molecular weight is 565 g/mol. The minimum absolute atomic E-state index is 0.0108. The minimum Gasteiger partial charge on any atom is -0.459 e. The van der Waals surface area contributed by atoms with Crippen LogP contribution >= 0.6 is 11.8 Å². The van der Waals surface area contributed by atoms with E-state index in [1.165, 1.54) is 4.90 Å². The summed E-state index contributed by atoms with van der Waals surface area (Å²) >= 11 is 1.58. The molecular formula is C33H28N2O5S. The number of likely N-dealkylation sites (tertiary alicyclic amines) is 1. The first-order valence-corrected chi connectivity index (χ1v) is 14.3. The van der Waals surface area contributed by atoms with Gasteiger partial charge in [-0.15, -0.1) is 0 Å². The lowest BCUT2D eigenvalue weighted by molar-refractivity contribution is -0.154. The van der Waals surface area contributed by atoms with Crippen LogP contribution in [-0.2, 0) is 20.9 Å². The number of nitrogens with one attached hydrogen (secondary N) is 1. The summed E-state index contributed by atoms with van der Waals surface area (Å²) in [7, 11) is 0. The van der Waals surface area contributed by atoms with Crippen LogP contribution in [0.4, 0.5) is 0 Å². The lowest BCUT2D eigenvalue weighted by Gasteiger charge is -2.23. The Balaban J connectivity index is 1.12. The van der Waals surface area contributed by atoms with Crippen LogP contribution in [0.5, 0.6) is 11.5 Å². The topological polar surface area (TPSA) is 84.9 Å². The van der Waals surface area contributed by atoms with Gasteiger partial charge in [0.15, 0.2) is 0 Å². The molecule has 4 aromatic rings. The number of carbonyl (C=O) groups excluding carboxylic acids is 3. The van der Waals surface area contributed by atoms with Gasteiger partial charge < -0.3 is 19.7 Å². The van der Waals surface area contributed by atoms with E-state index in [9.17, 15) is 14.4 Å². The molecule has 2 heterocycles. The van der Waals surface area contributed by atoms with E-state index in [0.29, 0.717) is 24.3 Å². The number of carbonyl (C=O) groups is 3. The molecule has 0 radical (unpaired) electrons. The van der Waals surface area contributed by atoms with Gasteiger partial charge in [-0.1, -0.05) is 84.6 Å². The zero-order valence-corrected chi connectivity index (χ0v) is 23.0. The maximum absolute atomic E-state index is 13.4. The van der Waals surface area contributed by atoms with Crippen molar-refractivity contribution >= 4 is 29.5 Å². The van der Waals surface area contributed by atoms with Crippen molar-refractivity contribution in [3.63, 3.8) is 0 Å². The van der Waals surface area contributed by atoms with Crippen LogP contribution in [0.2, 0.25) is 0 Å². The molecule has 8 heteroatoms. The molecule has 4 aromatic carbocycles. The van der Waals surface area contributed by atoms with Gasteiger partial charge in [-0.2, -0.15) is 0 Å². The Bertz CT molecular complexity index is 1580. The van der Waals surface area contributed by atoms with Gasteiger partial charge in [-0.05, 0) is 47.9 Å². The number of ether oxygens (including phenoxy) is 2. The monoisotopic (exact) mass is 564 g/mol. The Morgan fingerprint density at radius 2 is 1.56 bits per heavy atom. The molecular weight excluding hydrogens is 536 g/mol. The number of para-hydroxylation sites is 1. The van der Waals surface area contributed by atoms with Gasteiger partial charge in [-0.3, -0.25) is 9.59 Å². The highest BCUT2D eigenvalue weighted by Crippen LogP contribution is 2.46. The van der Waals surface area contributed by atoms with Gasteiger partial charge in [0.2, 0.25) is 5.91 Å². The molecule has 1 N–H and O–H groups in total. The Hall–Kier alpha value is -4.56. The summed E-state index contributed by atoms with van der Waals surface area (Å²) in [5.74, 6) is 0.150. The Labute approximate surface area is 242 Å². The summed E-state index contributed by atoms with van der Waals surface area (Å²) in [6.45, 7) is 0.263. The Kier molecular flexibility index (Phi) is 7.73. The number of hydrogen-bond donors (Lipinski definition) is 1. The third kappa shape index (κ3) is 5.98. The maximum Gasteiger partial charge on any atom is 0.329 e. The van der Waals surface area contributed by atoms with E-state index in [-0.39, 0.29) is 25.0 Å². The highest BCUT2D eigenvalue weighted by atomic mass is 32.2. The fourth-order valence-corrected chi connectivity index (χ4v) is 6.09. The van der Waals surface area contributed by atoms with E-state index < -0.39 is 17.9 Å². The zero-order valence-electron chi connectivity index (χ0n) is 22.2. The standard InChI is InChI=1S/C33H28N2O5S/c36-31(19-34-32(37)24-15-16-30-28(18-24)40-27-13-7-8-14-29(27)41-30)35-20-25(23-11-5-2-6-12-23)17-26(35)33(38)39-21-22-9-3-1-4-10-22/h1-16,18,25-26H,17,19-21H2,(H,34,37)/t25-,26+/m1/s1. The summed E-state index contributed by atoms with van der Waals surface area (Å²) in [4.78, 5) is 43.1. The van der Waals surface area contributed by atoms with Crippen LogP contribution in [0.15, 0.2) is 113 Å². The SMILES string of the molecule is O=C(NCC(=O)N1C[C@H](c2ccccc2)C[C@H]1C(=O)OCc1ccccc1)c1ccc2c(c1)Oc1ccccc1S2. The molecule has 0 unspecified atom stereocenters. The summed E-state index contributed by atoms with van der Waals surface area (Å²) in [5, 5.41) is 2.73. The van der Waals surface area contributed by atoms with Crippen LogP contribution in [0, 0.1) is 0 Å². The third-order valence-electron chi connectivity index (χ3n) is 7.28. The molecule has 0 bridgehead atoms. The van der Waals surface area contributed by atoms with E-state index in [2.05, 4.69) is 5.32 Å². The molecule has 41 heavy (non-hydrogen) atoms. The second-order valence-corrected chi connectivity index (χ2v) is 11.1. The van der Waals surface area contributed by atoms with Gasteiger partial charge in [0.05, 0.1) is 16.3 Å². The summed E-state index contributed by atoms with van der Waals surface area (Å²) in [5.41, 5.74) is 2.32. The number of nitrogens with zero attached hydrogens (tertiary/aromatic N) is 1. The molecule has 2 amide bonds. The predicted molar refractivity (Wildman–Crippen MR) is 155 cm³/mol. The molecule has 0 aliphatic carbocycles. The lowest BCUT2D eigenvalue weighted by Crippen LogP contribution is -2.46. The molecule has 7 nitrogen and oxygen atoms in total. The lowest BCUT2D eigenvalue weighted by atomic mass is 9.96. The van der Waals surface area contributed by atoms with E-state index in [1.807, 2.05) is 91.0 Å². The van der Waals surface area contributed by atoms with Crippen molar-refractivity contribution in [2.24, 2.45) is 0 Å². The van der Waals surface area contributed by atoms with Crippen molar-refractivity contribution < 1.29 is 23.9 Å². The molecule has 0 aromatic heterocycles. The van der Waals surface area contributed by atoms with E-state index in [1.54, 1.807) is 23.9 Å². The molecule has 2 aliphatic heterocycles. The van der Waals surface area contributed by atoms with Gasteiger partial charge in [-0.25, -0.2) is 4.79 Å². The van der Waals surface area contributed by atoms with Crippen molar-refractivity contribution in [1.29, 1.82) is 0 Å². The van der Waals surface area contributed by atoms with Gasteiger partial charge >= 0.3 is 5.97 Å². The fourth-order valence-electron chi connectivity index (χ4n) is 5.16. The van der Waals surface area contributed by atoms with Gasteiger partial charge in [0, 0.05) is 18.0 Å². The van der Waals surface area contributed by atoms with Crippen LogP contribution in [0.25, 0.3) is 0 Å². The first kappa shape index (κ1) is 26.7. The van der Waals surface area contributed by atoms with Crippen molar-refractivity contribution in [3.05, 3.63) is 120 Å². The van der Waals surface area contributed by atoms with E-state index in [0.717, 1.165) is 26.7 Å². The summed E-state index contributed by atoms with van der Waals surface area (Å²) in [6.07, 6.45) is 0.457. The average Bonchev–Trinajstić information content (AvgIpc) is 3.48. The number of hydrogen-bond acceptors (Lipinski definition) is 6. The summed E-state index contributed by atoms with van der Waals surface area (Å²) in [6, 6.07) is 31.5. The van der Waals surface area contributed by atoms with Crippen LogP contribution in [-0.4, -0.2) is 41.8 Å². The predicted octanol–water partition coefficient (Wildman–Crippen LogP) is 5.80. The number of fused-ring (bicyclic) bond motifs is 2. The highest BCUT2D eigenvalue weighted by molar-refractivity contribution is 7.99. The van der Waals surface area contributed by atoms with Crippen molar-refractivity contribution in [2.45, 2.75) is 34.8 Å². The van der Waals surface area contributed by atoms with Gasteiger partial charge in [0.1, 0.15) is 24.1 Å². The molecule has 0 spiro atoms. The number of rotatable bonds is 7. The van der Waals surface area contributed by atoms with Crippen molar-refractivity contribution in [1.82, 2.24) is 10.2 Å². The molecule has 1 fully saturated rings. The van der Waals surface area contributed by atoms with Crippen LogP contribution < -0.4 is 10.1 Å².